The summed E-state index contributed by atoms with van der Waals surface area (Å²) in [6, 6.07) is 22.5. The number of likely N-dealkylation sites (N-methyl/N-ethyl adjacent to an activating group) is 1. The molecule has 1 N–H and O–H groups in total. The van der Waals surface area contributed by atoms with Gasteiger partial charge in [-0.3, -0.25) is 9.59 Å². The van der Waals surface area contributed by atoms with Gasteiger partial charge in [-0.1, -0.05) is 72.3 Å². The molecule has 2 amide bonds. The summed E-state index contributed by atoms with van der Waals surface area (Å²) in [4.78, 5) is 28.1. The van der Waals surface area contributed by atoms with Crippen molar-refractivity contribution >= 4 is 35.2 Å². The lowest BCUT2D eigenvalue weighted by atomic mass is 10.0. The zero-order valence-electron chi connectivity index (χ0n) is 19.0. The minimum atomic E-state index is -0.694. The highest BCUT2D eigenvalue weighted by atomic mass is 35.5. The van der Waals surface area contributed by atoms with Crippen molar-refractivity contribution in [3.8, 4) is 0 Å². The van der Waals surface area contributed by atoms with Crippen molar-refractivity contribution in [3.05, 3.63) is 106 Å². The van der Waals surface area contributed by atoms with Gasteiger partial charge in [-0.05, 0) is 41.8 Å². The Hall–Kier alpha value is -2.83. The minimum Gasteiger partial charge on any atom is -0.355 e. The second-order valence-electron chi connectivity index (χ2n) is 7.83. The number of amides is 2. The van der Waals surface area contributed by atoms with Gasteiger partial charge in [0.2, 0.25) is 11.8 Å². The van der Waals surface area contributed by atoms with Gasteiger partial charge in [0.25, 0.3) is 0 Å². The Morgan fingerprint density at radius 2 is 1.65 bits per heavy atom. The van der Waals surface area contributed by atoms with Gasteiger partial charge in [0.15, 0.2) is 0 Å². The molecule has 3 rings (SSSR count). The van der Waals surface area contributed by atoms with E-state index < -0.39 is 6.04 Å². The molecule has 0 spiro atoms. The number of benzene rings is 3. The second-order valence-corrected chi connectivity index (χ2v) is 9.23. The Bertz CT molecular complexity index is 1080. The Morgan fingerprint density at radius 1 is 0.971 bits per heavy atom. The van der Waals surface area contributed by atoms with Gasteiger partial charge in [0, 0.05) is 30.3 Å². The summed E-state index contributed by atoms with van der Waals surface area (Å²) < 4.78 is 13.5. The van der Waals surface area contributed by atoms with E-state index in [1.165, 1.54) is 23.9 Å². The summed E-state index contributed by atoms with van der Waals surface area (Å²) >= 11 is 7.70. The number of hydrogen-bond donors (Lipinski definition) is 1. The largest absolute Gasteiger partial charge is 0.355 e. The Kier molecular flexibility index (Phi) is 9.98. The van der Waals surface area contributed by atoms with Gasteiger partial charge in [-0.25, -0.2) is 4.39 Å². The van der Waals surface area contributed by atoms with Crippen LogP contribution in [-0.4, -0.2) is 35.1 Å². The third-order valence-corrected chi connectivity index (χ3v) is 6.66. The van der Waals surface area contributed by atoms with Gasteiger partial charge < -0.3 is 10.2 Å². The van der Waals surface area contributed by atoms with Crippen LogP contribution >= 0.6 is 23.4 Å². The molecule has 0 saturated heterocycles. The number of halogens is 2. The summed E-state index contributed by atoms with van der Waals surface area (Å²) in [5.41, 5.74) is 2.67. The Labute approximate surface area is 209 Å². The summed E-state index contributed by atoms with van der Waals surface area (Å²) in [7, 11) is 0. The Balaban J connectivity index is 1.82. The standard InChI is InChI=1S/C27H28ClFN2O2S/c1-2-30-27(33)25(16-20-8-4-3-5-9-20)31(17-21-12-14-23(29)15-13-21)26(32)19-34-18-22-10-6-7-11-24(22)28/h3-15,25H,2,16-19H2,1H3,(H,30,33). The molecule has 0 fully saturated rings. The maximum atomic E-state index is 13.5. The van der Waals surface area contributed by atoms with Crippen LogP contribution in [-0.2, 0) is 28.3 Å². The molecule has 1 unspecified atom stereocenters. The molecule has 4 nitrogen and oxygen atoms in total. The van der Waals surface area contributed by atoms with Crippen molar-refractivity contribution in [2.24, 2.45) is 0 Å². The van der Waals surface area contributed by atoms with E-state index in [1.807, 2.05) is 61.5 Å². The van der Waals surface area contributed by atoms with E-state index in [2.05, 4.69) is 5.32 Å². The van der Waals surface area contributed by atoms with E-state index in [-0.39, 0.29) is 29.9 Å². The van der Waals surface area contributed by atoms with Crippen molar-refractivity contribution in [1.82, 2.24) is 10.2 Å². The van der Waals surface area contributed by atoms with Crippen LogP contribution in [0.5, 0.6) is 0 Å². The summed E-state index contributed by atoms with van der Waals surface area (Å²) in [6.07, 6.45) is 0.384. The zero-order chi connectivity index (χ0) is 24.3. The van der Waals surface area contributed by atoms with E-state index >= 15 is 0 Å². The molecule has 3 aromatic carbocycles. The number of thioether (sulfide) groups is 1. The van der Waals surface area contributed by atoms with Crippen molar-refractivity contribution < 1.29 is 14.0 Å². The average molecular weight is 499 g/mol. The lowest BCUT2D eigenvalue weighted by molar-refractivity contribution is -0.139. The molecular weight excluding hydrogens is 471 g/mol. The number of nitrogens with zero attached hydrogens (tertiary/aromatic N) is 1. The molecule has 1 atom stereocenters. The highest BCUT2D eigenvalue weighted by Gasteiger charge is 2.30. The fraction of sp³-hybridized carbons (Fsp3) is 0.259. The maximum Gasteiger partial charge on any atom is 0.243 e. The third-order valence-electron chi connectivity index (χ3n) is 5.33. The van der Waals surface area contributed by atoms with Crippen molar-refractivity contribution in [2.75, 3.05) is 12.3 Å². The number of nitrogens with one attached hydrogen (secondary N) is 1. The van der Waals surface area contributed by atoms with Gasteiger partial charge in [0.05, 0.1) is 5.75 Å². The highest BCUT2D eigenvalue weighted by molar-refractivity contribution is 7.99. The van der Waals surface area contributed by atoms with Gasteiger partial charge in [0.1, 0.15) is 11.9 Å². The number of carbonyl (C=O) groups excluding carboxylic acids is 2. The first-order chi connectivity index (χ1) is 16.5. The van der Waals surface area contributed by atoms with Crippen molar-refractivity contribution in [1.29, 1.82) is 0 Å². The first kappa shape index (κ1) is 25.8. The molecular formula is C27H28ClFN2O2S. The first-order valence-electron chi connectivity index (χ1n) is 11.1. The van der Waals surface area contributed by atoms with E-state index in [4.69, 9.17) is 11.6 Å². The second kappa shape index (κ2) is 13.2. The molecule has 0 bridgehead atoms. The van der Waals surface area contributed by atoms with Crippen LogP contribution in [0, 0.1) is 5.82 Å². The fourth-order valence-corrected chi connectivity index (χ4v) is 4.78. The monoisotopic (exact) mass is 498 g/mol. The first-order valence-corrected chi connectivity index (χ1v) is 12.7. The van der Waals surface area contributed by atoms with Gasteiger partial charge in [-0.2, -0.15) is 0 Å². The molecule has 0 heterocycles. The van der Waals surface area contributed by atoms with Crippen LogP contribution in [0.3, 0.4) is 0 Å². The predicted octanol–water partition coefficient (Wildman–Crippen LogP) is 5.49. The molecule has 0 aliphatic rings. The SMILES string of the molecule is CCNC(=O)C(Cc1ccccc1)N(Cc1ccc(F)cc1)C(=O)CSCc1ccccc1Cl. The molecule has 3 aromatic rings. The van der Waals surface area contributed by atoms with Crippen molar-refractivity contribution in [2.45, 2.75) is 31.7 Å². The van der Waals surface area contributed by atoms with Crippen LogP contribution in [0.25, 0.3) is 0 Å². The van der Waals surface area contributed by atoms with E-state index in [9.17, 15) is 14.0 Å². The summed E-state index contributed by atoms with van der Waals surface area (Å²) in [5.74, 6) is 0.0604. The molecule has 7 heteroatoms. The molecule has 0 aliphatic heterocycles. The topological polar surface area (TPSA) is 49.4 Å². The van der Waals surface area contributed by atoms with E-state index in [1.54, 1.807) is 17.0 Å². The summed E-state index contributed by atoms with van der Waals surface area (Å²) in [5, 5.41) is 3.53. The molecule has 0 aliphatic carbocycles. The molecule has 178 valence electrons. The molecule has 34 heavy (non-hydrogen) atoms. The van der Waals surface area contributed by atoms with Crippen molar-refractivity contribution in [3.63, 3.8) is 0 Å². The van der Waals surface area contributed by atoms with Gasteiger partial charge >= 0.3 is 0 Å². The highest BCUT2D eigenvalue weighted by Crippen LogP contribution is 2.22. The molecule has 0 radical (unpaired) electrons. The quantitative estimate of drug-likeness (QED) is 0.380. The predicted molar refractivity (Wildman–Crippen MR) is 137 cm³/mol. The number of hydrogen-bond acceptors (Lipinski definition) is 3. The zero-order valence-corrected chi connectivity index (χ0v) is 20.6. The summed E-state index contributed by atoms with van der Waals surface area (Å²) in [6.45, 7) is 2.52. The fourth-order valence-electron chi connectivity index (χ4n) is 3.58. The normalized spacial score (nSPS) is 11.6. The van der Waals surface area contributed by atoms with Crippen LogP contribution < -0.4 is 5.32 Å². The van der Waals surface area contributed by atoms with E-state index in [0.717, 1.165) is 16.7 Å². The molecule has 0 aromatic heterocycles. The van der Waals surface area contributed by atoms with Crippen LogP contribution in [0.4, 0.5) is 4.39 Å². The smallest absolute Gasteiger partial charge is 0.243 e. The number of rotatable bonds is 11. The molecule has 0 saturated carbocycles. The van der Waals surface area contributed by atoms with Crippen LogP contribution in [0.2, 0.25) is 5.02 Å². The number of carbonyl (C=O) groups is 2. The van der Waals surface area contributed by atoms with Crippen LogP contribution in [0.1, 0.15) is 23.6 Å². The lowest BCUT2D eigenvalue weighted by Gasteiger charge is -2.31. The Morgan fingerprint density at radius 3 is 2.32 bits per heavy atom. The maximum absolute atomic E-state index is 13.5. The minimum absolute atomic E-state index is 0.159. The lowest BCUT2D eigenvalue weighted by Crippen LogP contribution is -2.51. The van der Waals surface area contributed by atoms with Gasteiger partial charge in [-0.15, -0.1) is 11.8 Å². The van der Waals surface area contributed by atoms with E-state index in [0.29, 0.717) is 23.7 Å². The average Bonchev–Trinajstić information content (AvgIpc) is 2.84. The third kappa shape index (κ3) is 7.61. The van der Waals surface area contributed by atoms with Crippen LogP contribution in [0.15, 0.2) is 78.9 Å².